The zero-order valence-corrected chi connectivity index (χ0v) is 10.6. The van der Waals surface area contributed by atoms with Crippen molar-refractivity contribution in [3.05, 3.63) is 0 Å². The quantitative estimate of drug-likeness (QED) is 0.650. The standard InChI is InChI=1S/C8H14N4OS2/c1-4-5-14-8-11-10-7(15-8)12(3)6(13)9-2/h4-5H2,1-3H3,(H,9,13). The Morgan fingerprint density at radius 2 is 2.33 bits per heavy atom. The molecule has 0 spiro atoms. The Morgan fingerprint density at radius 1 is 1.60 bits per heavy atom. The van der Waals surface area contributed by atoms with Crippen LogP contribution in [0.15, 0.2) is 4.34 Å². The molecule has 0 fully saturated rings. The number of carbonyl (C=O) groups is 1. The SMILES string of the molecule is CCCSc1nnc(N(C)C(=O)NC)s1. The number of amides is 2. The Bertz CT molecular complexity index is 328. The summed E-state index contributed by atoms with van der Waals surface area (Å²) in [6.07, 6.45) is 1.10. The average molecular weight is 246 g/mol. The lowest BCUT2D eigenvalue weighted by Crippen LogP contribution is -2.34. The highest BCUT2D eigenvalue weighted by Gasteiger charge is 2.13. The van der Waals surface area contributed by atoms with Crippen molar-refractivity contribution in [1.82, 2.24) is 15.5 Å². The fourth-order valence-corrected chi connectivity index (χ4v) is 2.57. The van der Waals surface area contributed by atoms with E-state index in [1.807, 2.05) is 0 Å². The maximum atomic E-state index is 11.3. The summed E-state index contributed by atoms with van der Waals surface area (Å²) in [4.78, 5) is 12.7. The van der Waals surface area contributed by atoms with Crippen LogP contribution in [-0.2, 0) is 0 Å². The Morgan fingerprint density at radius 3 is 2.93 bits per heavy atom. The maximum Gasteiger partial charge on any atom is 0.323 e. The Hall–Kier alpha value is -0.820. The number of hydrogen-bond donors (Lipinski definition) is 1. The molecule has 0 saturated heterocycles. The smallest absolute Gasteiger partial charge is 0.323 e. The zero-order chi connectivity index (χ0) is 11.3. The van der Waals surface area contributed by atoms with Gasteiger partial charge in [-0.2, -0.15) is 0 Å². The lowest BCUT2D eigenvalue weighted by atomic mass is 10.6. The minimum Gasteiger partial charge on any atom is -0.341 e. The van der Waals surface area contributed by atoms with E-state index < -0.39 is 0 Å². The van der Waals surface area contributed by atoms with Crippen LogP contribution >= 0.6 is 23.1 Å². The van der Waals surface area contributed by atoms with Gasteiger partial charge >= 0.3 is 6.03 Å². The van der Waals surface area contributed by atoms with E-state index in [9.17, 15) is 4.79 Å². The molecule has 1 heterocycles. The van der Waals surface area contributed by atoms with Crippen molar-refractivity contribution in [2.45, 2.75) is 17.7 Å². The molecule has 84 valence electrons. The van der Waals surface area contributed by atoms with Crippen molar-refractivity contribution in [3.63, 3.8) is 0 Å². The largest absolute Gasteiger partial charge is 0.341 e. The number of nitrogens with zero attached hydrogens (tertiary/aromatic N) is 3. The topological polar surface area (TPSA) is 58.1 Å². The van der Waals surface area contributed by atoms with Crippen molar-refractivity contribution in [1.29, 1.82) is 0 Å². The monoisotopic (exact) mass is 246 g/mol. The number of thioether (sulfide) groups is 1. The first-order valence-corrected chi connectivity index (χ1v) is 6.41. The highest BCUT2D eigenvalue weighted by atomic mass is 32.2. The lowest BCUT2D eigenvalue weighted by molar-refractivity contribution is 0.249. The zero-order valence-electron chi connectivity index (χ0n) is 8.98. The molecular weight excluding hydrogens is 232 g/mol. The van der Waals surface area contributed by atoms with Crippen LogP contribution in [0.5, 0.6) is 0 Å². The molecule has 0 unspecified atom stereocenters. The van der Waals surface area contributed by atoms with Gasteiger partial charge in [0.2, 0.25) is 5.13 Å². The minimum atomic E-state index is -0.182. The first-order chi connectivity index (χ1) is 7.19. The molecule has 1 N–H and O–H groups in total. The van der Waals surface area contributed by atoms with Gasteiger partial charge in [0.15, 0.2) is 4.34 Å². The van der Waals surface area contributed by atoms with Crippen LogP contribution in [0.2, 0.25) is 0 Å². The summed E-state index contributed by atoms with van der Waals surface area (Å²) in [6.45, 7) is 2.12. The van der Waals surface area contributed by atoms with Gasteiger partial charge in [-0.3, -0.25) is 4.90 Å². The van der Waals surface area contributed by atoms with E-state index in [0.717, 1.165) is 16.5 Å². The molecule has 0 aliphatic carbocycles. The first kappa shape index (κ1) is 12.3. The van der Waals surface area contributed by atoms with Crippen LogP contribution in [0.1, 0.15) is 13.3 Å². The normalized spacial score (nSPS) is 10.1. The van der Waals surface area contributed by atoms with Gasteiger partial charge in [-0.25, -0.2) is 4.79 Å². The molecule has 5 nitrogen and oxygen atoms in total. The van der Waals surface area contributed by atoms with Crippen LogP contribution in [-0.4, -0.2) is 36.1 Å². The van der Waals surface area contributed by atoms with Gasteiger partial charge in [0.25, 0.3) is 0 Å². The Kier molecular flexibility index (Phi) is 4.83. The van der Waals surface area contributed by atoms with Crippen LogP contribution in [0.25, 0.3) is 0 Å². The molecule has 15 heavy (non-hydrogen) atoms. The number of hydrogen-bond acceptors (Lipinski definition) is 5. The average Bonchev–Trinajstić information content (AvgIpc) is 2.72. The number of carbonyl (C=O) groups excluding carboxylic acids is 1. The van der Waals surface area contributed by atoms with Crippen molar-refractivity contribution in [3.8, 4) is 0 Å². The van der Waals surface area contributed by atoms with Crippen LogP contribution < -0.4 is 10.2 Å². The summed E-state index contributed by atoms with van der Waals surface area (Å²) in [5.74, 6) is 1.03. The minimum absolute atomic E-state index is 0.182. The van der Waals surface area contributed by atoms with Crippen molar-refractivity contribution < 1.29 is 4.79 Å². The second-order valence-electron chi connectivity index (χ2n) is 2.81. The maximum absolute atomic E-state index is 11.3. The number of rotatable bonds is 4. The van der Waals surface area contributed by atoms with Gasteiger partial charge in [-0.15, -0.1) is 10.2 Å². The van der Waals surface area contributed by atoms with Crippen LogP contribution in [0.4, 0.5) is 9.93 Å². The van der Waals surface area contributed by atoms with Gasteiger partial charge in [-0.1, -0.05) is 30.0 Å². The van der Waals surface area contributed by atoms with Crippen molar-refractivity contribution in [2.75, 3.05) is 24.7 Å². The first-order valence-electron chi connectivity index (χ1n) is 4.60. The number of aromatic nitrogens is 2. The number of anilines is 1. The van der Waals surface area contributed by atoms with Crippen LogP contribution in [0.3, 0.4) is 0 Å². The second kappa shape index (κ2) is 5.92. The second-order valence-corrected chi connectivity index (χ2v) is 5.11. The molecular formula is C8H14N4OS2. The third-order valence-electron chi connectivity index (χ3n) is 1.63. The molecule has 0 radical (unpaired) electrons. The third kappa shape index (κ3) is 3.35. The van der Waals surface area contributed by atoms with E-state index in [2.05, 4.69) is 22.4 Å². The fraction of sp³-hybridized carbons (Fsp3) is 0.625. The fourth-order valence-electron chi connectivity index (χ4n) is 0.840. The van der Waals surface area contributed by atoms with E-state index in [1.165, 1.54) is 16.2 Å². The predicted molar refractivity (Wildman–Crippen MR) is 63.8 cm³/mol. The third-order valence-corrected chi connectivity index (χ3v) is 3.97. The van der Waals surface area contributed by atoms with Gasteiger partial charge in [0.05, 0.1) is 0 Å². The van der Waals surface area contributed by atoms with Gasteiger partial charge in [0, 0.05) is 19.8 Å². The van der Waals surface area contributed by atoms with Gasteiger partial charge in [-0.05, 0) is 6.42 Å². The molecule has 7 heteroatoms. The molecule has 1 aromatic heterocycles. The molecule has 0 aromatic carbocycles. The molecule has 0 aliphatic heterocycles. The highest BCUT2D eigenvalue weighted by Crippen LogP contribution is 2.27. The molecule has 1 rings (SSSR count). The molecule has 0 saturated carbocycles. The summed E-state index contributed by atoms with van der Waals surface area (Å²) in [7, 11) is 3.26. The van der Waals surface area contributed by atoms with Gasteiger partial charge < -0.3 is 5.32 Å². The molecule has 0 aliphatic rings. The highest BCUT2D eigenvalue weighted by molar-refractivity contribution is 8.01. The van der Waals surface area contributed by atoms with E-state index in [-0.39, 0.29) is 6.03 Å². The number of nitrogens with one attached hydrogen (secondary N) is 1. The Balaban J connectivity index is 2.62. The summed E-state index contributed by atoms with van der Waals surface area (Å²) < 4.78 is 0.905. The van der Waals surface area contributed by atoms with E-state index >= 15 is 0 Å². The molecule has 0 bridgehead atoms. The van der Waals surface area contributed by atoms with E-state index in [4.69, 9.17) is 0 Å². The van der Waals surface area contributed by atoms with E-state index in [1.54, 1.807) is 25.9 Å². The summed E-state index contributed by atoms with van der Waals surface area (Å²) in [5, 5.41) is 11.1. The van der Waals surface area contributed by atoms with Gasteiger partial charge in [0.1, 0.15) is 0 Å². The van der Waals surface area contributed by atoms with Crippen molar-refractivity contribution >= 4 is 34.3 Å². The predicted octanol–water partition coefficient (Wildman–Crippen LogP) is 1.82. The van der Waals surface area contributed by atoms with Crippen molar-refractivity contribution in [2.24, 2.45) is 0 Å². The van der Waals surface area contributed by atoms with E-state index in [0.29, 0.717) is 5.13 Å². The molecule has 1 aromatic rings. The molecule has 2 amide bonds. The summed E-state index contributed by atoms with van der Waals surface area (Å²) in [5.41, 5.74) is 0. The molecule has 0 atom stereocenters. The van der Waals surface area contributed by atoms with Crippen LogP contribution in [0, 0.1) is 0 Å². The summed E-state index contributed by atoms with van der Waals surface area (Å²) in [6, 6.07) is -0.182. The summed E-state index contributed by atoms with van der Waals surface area (Å²) >= 11 is 3.09. The lowest BCUT2D eigenvalue weighted by Gasteiger charge is -2.10. The number of urea groups is 1. The Labute approximate surface area is 97.3 Å².